The Hall–Kier alpha value is -2.14. The molecule has 1 amide bonds. The minimum atomic E-state index is -1.01. The molecule has 0 heterocycles. The molecule has 152 valence electrons. The van der Waals surface area contributed by atoms with E-state index in [1.165, 1.54) is 12.1 Å². The molecule has 8 heteroatoms. The molecule has 0 saturated carbocycles. The predicted molar refractivity (Wildman–Crippen MR) is 96.1 cm³/mol. The van der Waals surface area contributed by atoms with Crippen molar-refractivity contribution in [2.45, 2.75) is 26.3 Å². The second-order valence-corrected chi connectivity index (χ2v) is 5.44. The van der Waals surface area contributed by atoms with Gasteiger partial charge in [-0.05, 0) is 35.7 Å². The van der Waals surface area contributed by atoms with Crippen LogP contribution in [0.4, 0.5) is 8.78 Å². The normalized spacial score (nSPS) is 9.19. The van der Waals surface area contributed by atoms with Crippen LogP contribution in [0.15, 0.2) is 36.4 Å². The number of benzene rings is 2. The Kier molecular flexibility index (Phi) is 13.1. The standard InChI is InChI=1S/C9H11FN2O.C9H9FO2.CH3.Pd/c10-8-2-1-6(5-11)3-7(8)4-9(12)13;1-6-2-3-8(10)7(4-6)5-9(11)12;;/h1-3H,4-5,11H2,(H2,12,13);2-4H,5H2,1H3,(H,11,12);1H3;/q;;-1;. The van der Waals surface area contributed by atoms with Crippen molar-refractivity contribution in [3.05, 3.63) is 77.7 Å². The number of nitrogens with two attached hydrogens (primary N) is 2. The van der Waals surface area contributed by atoms with E-state index in [-0.39, 0.29) is 46.3 Å². The van der Waals surface area contributed by atoms with Crippen molar-refractivity contribution in [3.63, 3.8) is 0 Å². The molecule has 27 heavy (non-hydrogen) atoms. The molecule has 2 aromatic carbocycles. The number of halogens is 2. The van der Waals surface area contributed by atoms with Crippen LogP contribution < -0.4 is 11.5 Å². The minimum Gasteiger partial charge on any atom is -0.481 e. The number of amides is 1. The van der Waals surface area contributed by atoms with Crippen LogP contribution >= 0.6 is 0 Å². The van der Waals surface area contributed by atoms with E-state index in [0.717, 1.165) is 11.1 Å². The SMILES string of the molecule is Cc1ccc(F)c(CC(=O)O)c1.NCc1ccc(F)c(CC(N)=O)c1.[CH3-].[Pd]. The van der Waals surface area contributed by atoms with E-state index in [1.54, 1.807) is 31.2 Å². The largest absolute Gasteiger partial charge is 0.481 e. The Morgan fingerprint density at radius 2 is 1.52 bits per heavy atom. The summed E-state index contributed by atoms with van der Waals surface area (Å²) in [7, 11) is 0. The van der Waals surface area contributed by atoms with Gasteiger partial charge in [0, 0.05) is 27.0 Å². The Balaban J connectivity index is 0. The number of carbonyl (C=O) groups is 2. The predicted octanol–water partition coefficient (Wildman–Crippen LogP) is 2.52. The Labute approximate surface area is 171 Å². The smallest absolute Gasteiger partial charge is 0.307 e. The maximum Gasteiger partial charge on any atom is 0.307 e. The topological polar surface area (TPSA) is 106 Å². The van der Waals surface area contributed by atoms with Gasteiger partial charge in [0.25, 0.3) is 0 Å². The summed E-state index contributed by atoms with van der Waals surface area (Å²) < 4.78 is 25.9. The summed E-state index contributed by atoms with van der Waals surface area (Å²) in [4.78, 5) is 20.8. The number of aliphatic carboxylic acids is 1. The van der Waals surface area contributed by atoms with Crippen LogP contribution in [0.5, 0.6) is 0 Å². The van der Waals surface area contributed by atoms with Gasteiger partial charge in [0.15, 0.2) is 0 Å². The van der Waals surface area contributed by atoms with E-state index < -0.39 is 23.5 Å². The van der Waals surface area contributed by atoms with Gasteiger partial charge in [0.05, 0.1) is 12.8 Å². The zero-order valence-electron chi connectivity index (χ0n) is 15.1. The van der Waals surface area contributed by atoms with Gasteiger partial charge in [-0.1, -0.05) is 29.8 Å². The van der Waals surface area contributed by atoms with Crippen LogP contribution in [0.1, 0.15) is 22.3 Å². The molecule has 0 fully saturated rings. The number of carboxylic acid groups (broad SMARTS) is 1. The van der Waals surface area contributed by atoms with Crippen LogP contribution in [0.25, 0.3) is 0 Å². The fourth-order valence-electron chi connectivity index (χ4n) is 2.08. The van der Waals surface area contributed by atoms with Crippen molar-refractivity contribution in [2.75, 3.05) is 0 Å². The maximum atomic E-state index is 13.0. The number of hydrogen-bond acceptors (Lipinski definition) is 3. The van der Waals surface area contributed by atoms with Gasteiger partial charge in [0.2, 0.25) is 5.91 Å². The molecule has 0 unspecified atom stereocenters. The molecule has 0 radical (unpaired) electrons. The summed E-state index contributed by atoms with van der Waals surface area (Å²) in [5.74, 6) is -2.44. The van der Waals surface area contributed by atoms with Crippen molar-refractivity contribution in [1.29, 1.82) is 0 Å². The molecule has 0 saturated heterocycles. The average Bonchev–Trinajstić information content (AvgIpc) is 2.53. The van der Waals surface area contributed by atoms with E-state index in [2.05, 4.69) is 0 Å². The van der Waals surface area contributed by atoms with Crippen molar-refractivity contribution < 1.29 is 43.9 Å². The fraction of sp³-hybridized carbons (Fsp3) is 0.211. The van der Waals surface area contributed by atoms with E-state index in [1.807, 2.05) is 0 Å². The Bertz CT molecular complexity index is 771. The zero-order valence-corrected chi connectivity index (χ0v) is 16.6. The summed E-state index contributed by atoms with van der Waals surface area (Å²) in [6.07, 6.45) is -0.340. The first-order valence-corrected chi connectivity index (χ1v) is 7.45. The number of carboxylic acids is 1. The second-order valence-electron chi connectivity index (χ2n) is 5.44. The van der Waals surface area contributed by atoms with E-state index in [0.29, 0.717) is 12.1 Å². The van der Waals surface area contributed by atoms with Crippen LogP contribution in [0.3, 0.4) is 0 Å². The molecule has 5 N–H and O–H groups in total. The van der Waals surface area contributed by atoms with Gasteiger partial charge in [-0.25, -0.2) is 8.78 Å². The third kappa shape index (κ3) is 9.95. The van der Waals surface area contributed by atoms with Gasteiger partial charge in [-0.15, -0.1) is 0 Å². The van der Waals surface area contributed by atoms with E-state index >= 15 is 0 Å². The van der Waals surface area contributed by atoms with Crippen molar-refractivity contribution in [3.8, 4) is 0 Å². The number of rotatable bonds is 5. The van der Waals surface area contributed by atoms with Crippen LogP contribution in [0, 0.1) is 26.0 Å². The number of aryl methyl sites for hydroxylation is 1. The summed E-state index contributed by atoms with van der Waals surface area (Å²) >= 11 is 0. The monoisotopic (exact) mass is 471 g/mol. The molecule has 0 aromatic heterocycles. The third-order valence-corrected chi connectivity index (χ3v) is 3.25. The summed E-state index contributed by atoms with van der Waals surface area (Å²) in [5, 5.41) is 8.42. The fourth-order valence-corrected chi connectivity index (χ4v) is 2.08. The summed E-state index contributed by atoms with van der Waals surface area (Å²) in [6, 6.07) is 8.87. The van der Waals surface area contributed by atoms with E-state index in [4.69, 9.17) is 16.6 Å². The molecule has 2 rings (SSSR count). The third-order valence-electron chi connectivity index (χ3n) is 3.25. The minimum absolute atomic E-state index is 0. The van der Waals surface area contributed by atoms with Gasteiger partial charge < -0.3 is 24.0 Å². The van der Waals surface area contributed by atoms with Crippen molar-refractivity contribution in [1.82, 2.24) is 0 Å². The zero-order chi connectivity index (χ0) is 19.0. The Morgan fingerprint density at radius 1 is 1.00 bits per heavy atom. The molecule has 0 atom stereocenters. The number of carbonyl (C=O) groups excluding carboxylic acids is 1. The summed E-state index contributed by atoms with van der Waals surface area (Å²) in [6.45, 7) is 2.12. The molecule has 0 aliphatic rings. The van der Waals surface area contributed by atoms with Gasteiger partial charge >= 0.3 is 5.97 Å². The second kappa shape index (κ2) is 13.1. The molecule has 5 nitrogen and oxygen atoms in total. The summed E-state index contributed by atoms with van der Waals surface area (Å²) in [5.41, 5.74) is 12.5. The molecular weight excluding hydrogens is 449 g/mol. The van der Waals surface area contributed by atoms with Crippen LogP contribution in [-0.2, 0) is 49.4 Å². The van der Waals surface area contributed by atoms with E-state index in [9.17, 15) is 18.4 Å². The van der Waals surface area contributed by atoms with Gasteiger partial charge in [0.1, 0.15) is 11.6 Å². The molecule has 2 aromatic rings. The Morgan fingerprint density at radius 3 is 2.00 bits per heavy atom. The number of primary amides is 1. The first-order valence-electron chi connectivity index (χ1n) is 7.45. The average molecular weight is 472 g/mol. The van der Waals surface area contributed by atoms with Gasteiger partial charge in [-0.3, -0.25) is 9.59 Å². The van der Waals surface area contributed by atoms with Crippen LogP contribution in [0.2, 0.25) is 0 Å². The van der Waals surface area contributed by atoms with Crippen molar-refractivity contribution in [2.24, 2.45) is 11.5 Å². The van der Waals surface area contributed by atoms with Gasteiger partial charge in [-0.2, -0.15) is 0 Å². The molecule has 0 aliphatic heterocycles. The van der Waals surface area contributed by atoms with Crippen molar-refractivity contribution >= 4 is 11.9 Å². The molecule has 0 aliphatic carbocycles. The molecule has 0 spiro atoms. The van der Waals surface area contributed by atoms with Crippen LogP contribution in [-0.4, -0.2) is 17.0 Å². The maximum absolute atomic E-state index is 13.0. The molecular formula is C19H23F2N2O3Pd-. The quantitative estimate of drug-likeness (QED) is 0.460. The first-order chi connectivity index (χ1) is 11.7. The molecule has 0 bridgehead atoms. The number of hydrogen-bond donors (Lipinski definition) is 3. The first kappa shape index (κ1) is 27.1.